The summed E-state index contributed by atoms with van der Waals surface area (Å²) < 4.78 is 0. The second-order valence-corrected chi connectivity index (χ2v) is 5.76. The number of benzene rings is 2. The fourth-order valence-electron chi connectivity index (χ4n) is 2.54. The van der Waals surface area contributed by atoms with Crippen LogP contribution in [0.1, 0.15) is 12.5 Å². The lowest BCUT2D eigenvalue weighted by molar-refractivity contribution is 1.01. The Morgan fingerprint density at radius 2 is 1.81 bits per heavy atom. The molecule has 0 aliphatic heterocycles. The smallest absolute Gasteiger partial charge is 0.193 e. The third-order valence-corrected chi connectivity index (χ3v) is 3.93. The van der Waals surface area contributed by atoms with Crippen LogP contribution in [0.2, 0.25) is 0 Å². The maximum Gasteiger partial charge on any atom is 0.193 e. The number of anilines is 2. The minimum absolute atomic E-state index is 0. The maximum absolute atomic E-state index is 5.93. The van der Waals surface area contributed by atoms with Crippen molar-refractivity contribution in [2.24, 2.45) is 10.7 Å². The zero-order chi connectivity index (χ0) is 17.5. The lowest BCUT2D eigenvalue weighted by Crippen LogP contribution is -2.23. The Morgan fingerprint density at radius 1 is 1.04 bits per heavy atom. The molecular weight excluding hydrogens is 437 g/mol. The highest BCUT2D eigenvalue weighted by molar-refractivity contribution is 14.0. The second-order valence-electron chi connectivity index (χ2n) is 5.76. The highest BCUT2D eigenvalue weighted by atomic mass is 127. The van der Waals surface area contributed by atoms with Crippen LogP contribution < -0.4 is 16.4 Å². The van der Waals surface area contributed by atoms with E-state index in [1.165, 1.54) is 5.56 Å². The van der Waals surface area contributed by atoms with Gasteiger partial charge in [0.1, 0.15) is 5.82 Å². The molecule has 6 heteroatoms. The van der Waals surface area contributed by atoms with Gasteiger partial charge in [0, 0.05) is 17.6 Å². The van der Waals surface area contributed by atoms with Gasteiger partial charge in [0.25, 0.3) is 0 Å². The van der Waals surface area contributed by atoms with Gasteiger partial charge >= 0.3 is 0 Å². The Labute approximate surface area is 171 Å². The minimum Gasteiger partial charge on any atom is -0.370 e. The third kappa shape index (κ3) is 5.59. The van der Waals surface area contributed by atoms with Gasteiger partial charge in [0.2, 0.25) is 0 Å². The molecule has 0 aliphatic rings. The van der Waals surface area contributed by atoms with E-state index < -0.39 is 0 Å². The second kappa shape index (κ2) is 9.96. The van der Waals surface area contributed by atoms with E-state index in [4.69, 9.17) is 5.73 Å². The molecule has 0 saturated carbocycles. The number of halogens is 1. The molecule has 0 bridgehead atoms. The molecule has 5 nitrogen and oxygen atoms in total. The molecule has 26 heavy (non-hydrogen) atoms. The molecule has 0 spiro atoms. The number of nitrogens with one attached hydrogen (secondary N) is 2. The summed E-state index contributed by atoms with van der Waals surface area (Å²) in [5, 5.41) is 7.50. The molecule has 0 fully saturated rings. The molecule has 1 heterocycles. The molecule has 1 aromatic heterocycles. The Balaban J connectivity index is 0.00000243. The number of para-hydroxylation sites is 1. The topological polar surface area (TPSA) is 75.3 Å². The minimum atomic E-state index is 0. The van der Waals surface area contributed by atoms with Crippen LogP contribution >= 0.6 is 24.0 Å². The van der Waals surface area contributed by atoms with Crippen LogP contribution in [-0.2, 0) is 6.42 Å². The molecule has 3 rings (SSSR count). The van der Waals surface area contributed by atoms with Crippen LogP contribution in [0.25, 0.3) is 10.9 Å². The average molecular weight is 461 g/mol. The molecule has 0 amide bonds. The van der Waals surface area contributed by atoms with Gasteiger partial charge in [-0.25, -0.2) is 4.98 Å². The Bertz CT molecular complexity index is 861. The van der Waals surface area contributed by atoms with Gasteiger partial charge in [-0.05, 0) is 42.3 Å². The number of nitrogens with zero attached hydrogens (tertiary/aromatic N) is 2. The standard InChI is InChI=1S/C20H23N5.HI/c1-2-15-7-10-17(11-8-15)24-20(21)23-14-13-22-19-12-9-16-5-3-4-6-18(16)25-19;/h3-12H,2,13-14H2,1H3,(H,22,25)(H3,21,23,24);1H. The van der Waals surface area contributed by atoms with Crippen molar-refractivity contribution in [1.82, 2.24) is 4.98 Å². The van der Waals surface area contributed by atoms with Gasteiger partial charge in [-0.15, -0.1) is 24.0 Å². The van der Waals surface area contributed by atoms with Crippen molar-refractivity contribution in [2.45, 2.75) is 13.3 Å². The molecule has 0 saturated heterocycles. The first-order chi connectivity index (χ1) is 12.2. The first kappa shape index (κ1) is 20.0. The van der Waals surface area contributed by atoms with E-state index in [1.54, 1.807) is 0 Å². The van der Waals surface area contributed by atoms with E-state index in [0.29, 0.717) is 19.0 Å². The molecular formula is C20H24IN5. The van der Waals surface area contributed by atoms with E-state index in [-0.39, 0.29) is 24.0 Å². The summed E-state index contributed by atoms with van der Waals surface area (Å²) in [6.45, 7) is 3.37. The number of pyridine rings is 1. The fourth-order valence-corrected chi connectivity index (χ4v) is 2.54. The summed E-state index contributed by atoms with van der Waals surface area (Å²) in [7, 11) is 0. The molecule has 3 aromatic rings. The van der Waals surface area contributed by atoms with Gasteiger partial charge < -0.3 is 16.4 Å². The van der Waals surface area contributed by atoms with Crippen LogP contribution in [0.4, 0.5) is 11.5 Å². The van der Waals surface area contributed by atoms with Crippen molar-refractivity contribution >= 4 is 52.3 Å². The van der Waals surface area contributed by atoms with E-state index in [1.807, 2.05) is 36.4 Å². The third-order valence-electron chi connectivity index (χ3n) is 3.93. The summed E-state index contributed by atoms with van der Waals surface area (Å²) in [6, 6.07) is 20.3. The van der Waals surface area contributed by atoms with E-state index in [2.05, 4.69) is 51.8 Å². The summed E-state index contributed by atoms with van der Waals surface area (Å²) in [5.41, 5.74) is 9.15. The first-order valence-electron chi connectivity index (χ1n) is 8.50. The van der Waals surface area contributed by atoms with Gasteiger partial charge in [0.05, 0.1) is 12.1 Å². The van der Waals surface area contributed by atoms with Crippen LogP contribution in [0.3, 0.4) is 0 Å². The largest absolute Gasteiger partial charge is 0.370 e. The first-order valence-corrected chi connectivity index (χ1v) is 8.50. The number of nitrogens with two attached hydrogens (primary N) is 1. The Hall–Kier alpha value is -2.35. The summed E-state index contributed by atoms with van der Waals surface area (Å²) in [5.74, 6) is 1.26. The van der Waals surface area contributed by atoms with Crippen molar-refractivity contribution < 1.29 is 0 Å². The van der Waals surface area contributed by atoms with Crippen LogP contribution in [0, 0.1) is 0 Å². The van der Waals surface area contributed by atoms with Gasteiger partial charge in [0.15, 0.2) is 5.96 Å². The number of fused-ring (bicyclic) bond motifs is 1. The number of guanidine groups is 1. The van der Waals surface area contributed by atoms with Crippen molar-refractivity contribution in [1.29, 1.82) is 0 Å². The predicted octanol–water partition coefficient (Wildman–Crippen LogP) is 4.25. The van der Waals surface area contributed by atoms with Crippen molar-refractivity contribution in [3.8, 4) is 0 Å². The number of aromatic nitrogens is 1. The SMILES string of the molecule is CCc1ccc(NC(N)=NCCNc2ccc3ccccc3n2)cc1.I. The van der Waals surface area contributed by atoms with E-state index in [9.17, 15) is 0 Å². The van der Waals surface area contributed by atoms with E-state index >= 15 is 0 Å². The number of aryl methyl sites for hydroxylation is 1. The number of rotatable bonds is 6. The average Bonchev–Trinajstić information content (AvgIpc) is 2.66. The van der Waals surface area contributed by atoms with Crippen molar-refractivity contribution in [3.63, 3.8) is 0 Å². The maximum atomic E-state index is 5.93. The quantitative estimate of drug-likeness (QED) is 0.222. The van der Waals surface area contributed by atoms with Gasteiger partial charge in [-0.3, -0.25) is 4.99 Å². The Morgan fingerprint density at radius 3 is 2.58 bits per heavy atom. The Kier molecular flexibility index (Phi) is 7.65. The summed E-state index contributed by atoms with van der Waals surface area (Å²) in [6.07, 6.45) is 1.03. The zero-order valence-electron chi connectivity index (χ0n) is 14.8. The highest BCUT2D eigenvalue weighted by Crippen LogP contribution is 2.14. The molecule has 0 unspecified atom stereocenters. The predicted molar refractivity (Wildman–Crippen MR) is 122 cm³/mol. The normalized spacial score (nSPS) is 11.0. The summed E-state index contributed by atoms with van der Waals surface area (Å²) >= 11 is 0. The van der Waals surface area contributed by atoms with E-state index in [0.717, 1.165) is 28.8 Å². The molecule has 4 N–H and O–H groups in total. The van der Waals surface area contributed by atoms with Crippen LogP contribution in [0.15, 0.2) is 65.7 Å². The van der Waals surface area contributed by atoms with Crippen molar-refractivity contribution in [2.75, 3.05) is 23.7 Å². The highest BCUT2D eigenvalue weighted by Gasteiger charge is 1.98. The monoisotopic (exact) mass is 461 g/mol. The van der Waals surface area contributed by atoms with Crippen molar-refractivity contribution in [3.05, 3.63) is 66.2 Å². The fraction of sp³-hybridized carbons (Fsp3) is 0.200. The van der Waals surface area contributed by atoms with Gasteiger partial charge in [-0.2, -0.15) is 0 Å². The van der Waals surface area contributed by atoms with Crippen LogP contribution in [-0.4, -0.2) is 24.0 Å². The molecule has 0 atom stereocenters. The lowest BCUT2D eigenvalue weighted by atomic mass is 10.1. The van der Waals surface area contributed by atoms with Crippen LogP contribution in [0.5, 0.6) is 0 Å². The van der Waals surface area contributed by atoms with Gasteiger partial charge in [-0.1, -0.05) is 37.3 Å². The molecule has 0 aliphatic carbocycles. The molecule has 0 radical (unpaired) electrons. The zero-order valence-corrected chi connectivity index (χ0v) is 17.1. The molecule has 136 valence electrons. The molecule has 2 aromatic carbocycles. The number of hydrogen-bond donors (Lipinski definition) is 3. The number of hydrogen-bond acceptors (Lipinski definition) is 3. The lowest BCUT2D eigenvalue weighted by Gasteiger charge is -2.07. The number of aliphatic imine (C=N–C) groups is 1. The summed E-state index contributed by atoms with van der Waals surface area (Å²) in [4.78, 5) is 8.90.